The van der Waals surface area contributed by atoms with Gasteiger partial charge in [-0.1, -0.05) is 11.1 Å². The first kappa shape index (κ1) is 13.5. The van der Waals surface area contributed by atoms with Crippen LogP contribution in [0.3, 0.4) is 0 Å². The molecule has 2 unspecified atom stereocenters. The van der Waals surface area contributed by atoms with Crippen LogP contribution in [0, 0.1) is 5.82 Å². The van der Waals surface area contributed by atoms with E-state index in [2.05, 4.69) is 0 Å². The molecule has 2 aliphatic heterocycles. The molecule has 2 atom stereocenters. The van der Waals surface area contributed by atoms with Gasteiger partial charge in [0.1, 0.15) is 5.82 Å². The van der Waals surface area contributed by atoms with Gasteiger partial charge in [0.15, 0.2) is 0 Å². The predicted molar refractivity (Wildman–Crippen MR) is 77.7 cm³/mol. The molecule has 3 aliphatic rings. The number of hydrogen-bond donors (Lipinski definition) is 0. The molecule has 0 spiro atoms. The fourth-order valence-corrected chi connectivity index (χ4v) is 5.67. The number of nitrogens with zero attached hydrogens (tertiary/aromatic N) is 1. The second-order valence-corrected chi connectivity index (χ2v) is 8.13. The Labute approximate surface area is 124 Å². The third-order valence-corrected chi connectivity index (χ3v) is 6.93. The van der Waals surface area contributed by atoms with Crippen molar-refractivity contribution in [1.82, 2.24) is 4.31 Å². The van der Waals surface area contributed by atoms with Gasteiger partial charge >= 0.3 is 0 Å². The molecule has 4 rings (SSSR count). The molecule has 2 saturated heterocycles. The summed E-state index contributed by atoms with van der Waals surface area (Å²) in [4.78, 5) is 0.211. The zero-order valence-corrected chi connectivity index (χ0v) is 12.6. The van der Waals surface area contributed by atoms with E-state index in [1.165, 1.54) is 42.7 Å². The maximum atomic E-state index is 13.0. The number of hydrogen-bond acceptors (Lipinski definition) is 2. The van der Waals surface area contributed by atoms with Gasteiger partial charge in [-0.2, -0.15) is 4.31 Å². The first-order valence-electron chi connectivity index (χ1n) is 7.54. The topological polar surface area (TPSA) is 37.4 Å². The van der Waals surface area contributed by atoms with E-state index < -0.39 is 15.8 Å². The van der Waals surface area contributed by atoms with Gasteiger partial charge in [0.25, 0.3) is 0 Å². The second kappa shape index (κ2) is 4.65. The number of sulfonamides is 1. The Hall–Kier alpha value is -1.20. The van der Waals surface area contributed by atoms with Crippen LogP contribution in [0.5, 0.6) is 0 Å². The van der Waals surface area contributed by atoms with Crippen LogP contribution in [0.4, 0.5) is 4.39 Å². The minimum Gasteiger partial charge on any atom is -0.207 e. The number of allylic oxidation sites excluding steroid dienone is 1. The van der Waals surface area contributed by atoms with E-state index in [1.54, 1.807) is 9.88 Å². The van der Waals surface area contributed by atoms with Crippen molar-refractivity contribution in [2.75, 3.05) is 0 Å². The highest BCUT2D eigenvalue weighted by molar-refractivity contribution is 7.89. The van der Waals surface area contributed by atoms with Crippen molar-refractivity contribution in [3.63, 3.8) is 0 Å². The lowest BCUT2D eigenvalue weighted by atomic mass is 9.98. The Morgan fingerprint density at radius 1 is 0.952 bits per heavy atom. The number of rotatable bonds is 2. The van der Waals surface area contributed by atoms with E-state index in [9.17, 15) is 12.8 Å². The summed E-state index contributed by atoms with van der Waals surface area (Å²) in [6.45, 7) is 0. The van der Waals surface area contributed by atoms with Crippen LogP contribution in [0.1, 0.15) is 38.5 Å². The molecule has 5 heteroatoms. The van der Waals surface area contributed by atoms with E-state index in [-0.39, 0.29) is 17.0 Å². The highest BCUT2D eigenvalue weighted by Gasteiger charge is 2.46. The molecule has 1 aliphatic carbocycles. The van der Waals surface area contributed by atoms with E-state index in [0.29, 0.717) is 0 Å². The van der Waals surface area contributed by atoms with Crippen LogP contribution in [-0.4, -0.2) is 24.8 Å². The molecule has 0 radical (unpaired) electrons. The lowest BCUT2D eigenvalue weighted by molar-refractivity contribution is 0.284. The Bertz CT molecular complexity index is 686. The van der Waals surface area contributed by atoms with Gasteiger partial charge in [-0.15, -0.1) is 0 Å². The second-order valence-electron chi connectivity index (χ2n) is 6.29. The highest BCUT2D eigenvalue weighted by atomic mass is 32.2. The average molecular weight is 307 g/mol. The molecule has 2 bridgehead atoms. The molecule has 0 N–H and O–H groups in total. The molecule has 1 saturated carbocycles. The van der Waals surface area contributed by atoms with E-state index in [4.69, 9.17) is 0 Å². The lowest BCUT2D eigenvalue weighted by Gasteiger charge is -2.35. The summed E-state index contributed by atoms with van der Waals surface area (Å²) in [5.74, 6) is -0.406. The zero-order valence-electron chi connectivity index (χ0n) is 11.8. The minimum atomic E-state index is -3.50. The number of halogens is 1. The zero-order chi connectivity index (χ0) is 14.6. The molecule has 1 aromatic carbocycles. The molecular formula is C16H18FNO2S. The summed E-state index contributed by atoms with van der Waals surface area (Å²) >= 11 is 0. The molecule has 2 heterocycles. The van der Waals surface area contributed by atoms with Gasteiger partial charge in [0, 0.05) is 12.1 Å². The van der Waals surface area contributed by atoms with Crippen molar-refractivity contribution in [2.45, 2.75) is 55.5 Å². The maximum Gasteiger partial charge on any atom is 0.243 e. The molecule has 0 aromatic heterocycles. The third kappa shape index (κ3) is 2.23. The molecule has 21 heavy (non-hydrogen) atoms. The Morgan fingerprint density at radius 3 is 2.05 bits per heavy atom. The SMILES string of the molecule is O=S(=O)(c1ccc(F)cc1)N1C2CCC1CC(=C1CC1)C2. The molecule has 1 aromatic rings. The standard InChI is InChI=1S/C16H18FNO2S/c17-13-3-7-16(8-4-13)21(19,20)18-14-5-6-15(18)10-12(9-14)11-1-2-11/h3-4,7-8,14-15H,1-2,5-6,9-10H2. The molecule has 0 amide bonds. The van der Waals surface area contributed by atoms with Gasteiger partial charge in [-0.25, -0.2) is 12.8 Å². The van der Waals surface area contributed by atoms with Gasteiger partial charge < -0.3 is 0 Å². The van der Waals surface area contributed by atoms with Crippen LogP contribution in [0.15, 0.2) is 40.3 Å². The molecular weight excluding hydrogens is 289 g/mol. The van der Waals surface area contributed by atoms with Gasteiger partial charge in [0.2, 0.25) is 10.0 Å². The molecule has 3 nitrogen and oxygen atoms in total. The van der Waals surface area contributed by atoms with Crippen molar-refractivity contribution < 1.29 is 12.8 Å². The molecule has 112 valence electrons. The van der Waals surface area contributed by atoms with Crippen molar-refractivity contribution in [1.29, 1.82) is 0 Å². The first-order chi connectivity index (χ1) is 10.1. The van der Waals surface area contributed by atoms with Gasteiger partial charge in [0.05, 0.1) is 4.90 Å². The Kier molecular flexibility index (Phi) is 2.98. The monoisotopic (exact) mass is 307 g/mol. The van der Waals surface area contributed by atoms with Crippen LogP contribution in [0.25, 0.3) is 0 Å². The first-order valence-corrected chi connectivity index (χ1v) is 8.98. The maximum absolute atomic E-state index is 13.0. The van der Waals surface area contributed by atoms with Crippen molar-refractivity contribution >= 4 is 10.0 Å². The highest BCUT2D eigenvalue weighted by Crippen LogP contribution is 2.46. The summed E-state index contributed by atoms with van der Waals surface area (Å²) in [6, 6.07) is 5.38. The summed E-state index contributed by atoms with van der Waals surface area (Å²) in [5.41, 5.74) is 3.07. The summed E-state index contributed by atoms with van der Waals surface area (Å²) in [6.07, 6.45) is 6.10. The van der Waals surface area contributed by atoms with E-state index in [0.717, 1.165) is 25.7 Å². The van der Waals surface area contributed by atoms with Gasteiger partial charge in [-0.05, 0) is 62.8 Å². The van der Waals surface area contributed by atoms with Crippen molar-refractivity contribution in [3.8, 4) is 0 Å². The fraction of sp³-hybridized carbons (Fsp3) is 0.500. The quantitative estimate of drug-likeness (QED) is 0.787. The summed E-state index contributed by atoms with van der Waals surface area (Å²) in [7, 11) is -3.50. The van der Waals surface area contributed by atoms with Crippen molar-refractivity contribution in [2.24, 2.45) is 0 Å². The Balaban J connectivity index is 1.67. The average Bonchev–Trinajstić information content (AvgIpc) is 3.25. The van der Waals surface area contributed by atoms with E-state index in [1.807, 2.05) is 0 Å². The van der Waals surface area contributed by atoms with Crippen LogP contribution < -0.4 is 0 Å². The smallest absolute Gasteiger partial charge is 0.207 e. The summed E-state index contributed by atoms with van der Waals surface area (Å²) < 4.78 is 40.4. The fourth-order valence-electron chi connectivity index (χ4n) is 3.80. The van der Waals surface area contributed by atoms with Crippen LogP contribution in [0.2, 0.25) is 0 Å². The third-order valence-electron chi connectivity index (χ3n) is 4.91. The minimum absolute atomic E-state index is 0.0990. The lowest BCUT2D eigenvalue weighted by Crippen LogP contribution is -2.44. The molecule has 3 fully saturated rings. The van der Waals surface area contributed by atoms with E-state index >= 15 is 0 Å². The number of benzene rings is 1. The van der Waals surface area contributed by atoms with Crippen LogP contribution >= 0.6 is 0 Å². The van der Waals surface area contributed by atoms with Gasteiger partial charge in [-0.3, -0.25) is 0 Å². The predicted octanol–water partition coefficient (Wildman–Crippen LogP) is 3.23. The van der Waals surface area contributed by atoms with Crippen molar-refractivity contribution in [3.05, 3.63) is 41.2 Å². The largest absolute Gasteiger partial charge is 0.243 e. The number of fused-ring (bicyclic) bond motifs is 2. The summed E-state index contributed by atoms with van der Waals surface area (Å²) in [5, 5.41) is 0. The normalized spacial score (nSPS) is 29.0. The number of piperidine rings is 1. The Morgan fingerprint density at radius 2 is 1.52 bits per heavy atom. The van der Waals surface area contributed by atoms with Crippen LogP contribution in [-0.2, 0) is 10.0 Å².